The Morgan fingerprint density at radius 1 is 0.923 bits per heavy atom. The van der Waals surface area contributed by atoms with E-state index in [1.807, 2.05) is 0 Å². The first-order chi connectivity index (χ1) is 6.09. The molecule has 1 N–H and O–H groups in total. The van der Waals surface area contributed by atoms with Crippen LogP contribution in [0.1, 0.15) is 0 Å². The van der Waals surface area contributed by atoms with Gasteiger partial charge in [-0.3, -0.25) is 19.2 Å². The fourth-order valence-corrected chi connectivity index (χ4v) is 1.15. The van der Waals surface area contributed by atoms with Gasteiger partial charge in [-0.25, -0.2) is 0 Å². The largest absolute Gasteiger partial charge is 0.318 e. The maximum Gasteiger partial charge on any atom is 0.296 e. The Kier molecular flexibility index (Phi) is 1.30. The monoisotopic (exact) mass is 177 g/mol. The normalized spacial score (nSPS) is 10.8. The second kappa shape index (κ2) is 2.22. The molecule has 0 spiro atoms. The average molecular weight is 177 g/mol. The van der Waals surface area contributed by atoms with Crippen LogP contribution in [0.3, 0.4) is 0 Å². The Bertz CT molecular complexity index is 628. The zero-order valence-electron chi connectivity index (χ0n) is 6.29. The van der Waals surface area contributed by atoms with Crippen molar-refractivity contribution in [3.63, 3.8) is 0 Å². The van der Waals surface area contributed by atoms with E-state index in [0.29, 0.717) is 0 Å². The second-order valence-corrected chi connectivity index (χ2v) is 2.63. The minimum Gasteiger partial charge on any atom is -0.318 e. The van der Waals surface area contributed by atoms with Gasteiger partial charge in [-0.2, -0.15) is 0 Å². The molecule has 0 aromatic carbocycles. The number of aromatic nitrogens is 1. The summed E-state index contributed by atoms with van der Waals surface area (Å²) in [4.78, 5) is 45.6. The standard InChI is InChI=1S/C8H3NO4/c10-5-1-3-4(2-6(5)11)9-8(13)7(3)12/h1-2H,(H,9,13). The van der Waals surface area contributed by atoms with Crippen LogP contribution in [0.25, 0.3) is 11.3 Å². The van der Waals surface area contributed by atoms with E-state index in [1.165, 1.54) is 0 Å². The molecule has 5 heteroatoms. The number of rotatable bonds is 0. The lowest BCUT2D eigenvalue weighted by atomic mass is 10.1. The lowest BCUT2D eigenvalue weighted by molar-refractivity contribution is 1.30. The van der Waals surface area contributed by atoms with Crippen molar-refractivity contribution in [2.75, 3.05) is 0 Å². The minimum atomic E-state index is -0.806. The number of hydrogen-bond donors (Lipinski definition) is 1. The quantitative estimate of drug-likeness (QED) is 0.493. The van der Waals surface area contributed by atoms with E-state index in [2.05, 4.69) is 4.98 Å². The second-order valence-electron chi connectivity index (χ2n) is 2.63. The van der Waals surface area contributed by atoms with Crippen molar-refractivity contribution in [1.29, 1.82) is 0 Å². The Morgan fingerprint density at radius 2 is 1.54 bits per heavy atom. The van der Waals surface area contributed by atoms with Crippen LogP contribution in [0.4, 0.5) is 0 Å². The molecule has 0 saturated heterocycles. The van der Waals surface area contributed by atoms with Gasteiger partial charge in [0.2, 0.25) is 10.9 Å². The van der Waals surface area contributed by atoms with Gasteiger partial charge in [-0.05, 0) is 0 Å². The minimum absolute atomic E-state index is 0.0189. The summed E-state index contributed by atoms with van der Waals surface area (Å²) in [6.45, 7) is 0. The van der Waals surface area contributed by atoms with Crippen molar-refractivity contribution in [2.45, 2.75) is 0 Å². The van der Waals surface area contributed by atoms with Crippen molar-refractivity contribution in [3.8, 4) is 11.3 Å². The predicted octanol–water partition coefficient (Wildman–Crippen LogP) is -1.56. The van der Waals surface area contributed by atoms with Crippen LogP contribution >= 0.6 is 0 Å². The van der Waals surface area contributed by atoms with Crippen molar-refractivity contribution >= 4 is 0 Å². The smallest absolute Gasteiger partial charge is 0.296 e. The molecule has 0 aromatic rings. The Balaban J connectivity index is 3.15. The maximum atomic E-state index is 11.0. The van der Waals surface area contributed by atoms with Crippen molar-refractivity contribution in [3.05, 3.63) is 53.2 Å². The lowest BCUT2D eigenvalue weighted by Gasteiger charge is -1.89. The number of nitrogens with one attached hydrogen (secondary N) is 1. The highest BCUT2D eigenvalue weighted by Crippen LogP contribution is 2.05. The summed E-state index contributed by atoms with van der Waals surface area (Å²) < 4.78 is 0. The summed E-state index contributed by atoms with van der Waals surface area (Å²) in [5, 5.41) is 0. The molecule has 0 amide bonds. The van der Waals surface area contributed by atoms with Crippen molar-refractivity contribution < 1.29 is 0 Å². The van der Waals surface area contributed by atoms with Crippen LogP contribution in [0, 0.1) is 0 Å². The van der Waals surface area contributed by atoms with E-state index in [1.54, 1.807) is 0 Å². The average Bonchev–Trinajstić information content (AvgIpc) is 2.32. The predicted molar refractivity (Wildman–Crippen MR) is 44.9 cm³/mol. The molecule has 0 saturated carbocycles. The highest BCUT2D eigenvalue weighted by atomic mass is 16.2. The van der Waals surface area contributed by atoms with Gasteiger partial charge in [-0.15, -0.1) is 0 Å². The first kappa shape index (κ1) is 7.60. The molecule has 0 radical (unpaired) electrons. The van der Waals surface area contributed by atoms with Crippen molar-refractivity contribution in [2.24, 2.45) is 0 Å². The number of benzene rings is 1. The molecule has 1 aliphatic carbocycles. The summed E-state index contributed by atoms with van der Waals surface area (Å²) in [5.74, 6) is 0. The van der Waals surface area contributed by atoms with Crippen LogP contribution in [0.5, 0.6) is 0 Å². The molecule has 0 unspecified atom stereocenters. The summed E-state index contributed by atoms with van der Waals surface area (Å²) in [7, 11) is 0. The molecule has 13 heavy (non-hydrogen) atoms. The molecule has 64 valence electrons. The van der Waals surface area contributed by atoms with Crippen LogP contribution in [-0.4, -0.2) is 4.98 Å². The lowest BCUT2D eigenvalue weighted by Crippen LogP contribution is -2.24. The van der Waals surface area contributed by atoms with Gasteiger partial charge in [0, 0.05) is 12.1 Å². The van der Waals surface area contributed by atoms with E-state index in [9.17, 15) is 19.2 Å². The molecule has 2 aliphatic rings. The topological polar surface area (TPSA) is 84.1 Å². The molecule has 0 aromatic heterocycles. The van der Waals surface area contributed by atoms with Gasteiger partial charge < -0.3 is 4.98 Å². The third-order valence-electron chi connectivity index (χ3n) is 1.78. The third-order valence-corrected chi connectivity index (χ3v) is 1.78. The third kappa shape index (κ3) is 0.936. The number of H-pyrrole nitrogens is 1. The molecule has 0 fully saturated rings. The number of fused-ring (bicyclic) bond motifs is 1. The fraction of sp³-hybridized carbons (Fsp3) is 0. The Hall–Kier alpha value is -2.04. The van der Waals surface area contributed by atoms with Gasteiger partial charge >= 0.3 is 0 Å². The summed E-state index contributed by atoms with van der Waals surface area (Å²) in [6.07, 6.45) is 0. The molecule has 5 nitrogen and oxygen atoms in total. The zero-order chi connectivity index (χ0) is 9.59. The molecule has 1 aliphatic heterocycles. The number of hydrogen-bond acceptors (Lipinski definition) is 4. The Morgan fingerprint density at radius 3 is 2.23 bits per heavy atom. The summed E-state index contributed by atoms with van der Waals surface area (Å²) >= 11 is 0. The van der Waals surface area contributed by atoms with Crippen LogP contribution in [-0.2, 0) is 0 Å². The maximum absolute atomic E-state index is 11.0. The number of aromatic amines is 1. The van der Waals surface area contributed by atoms with Gasteiger partial charge in [0.05, 0.1) is 11.3 Å². The summed E-state index contributed by atoms with van der Waals surface area (Å²) in [5.41, 5.74) is -2.97. The summed E-state index contributed by atoms with van der Waals surface area (Å²) in [6, 6.07) is 1.85. The van der Waals surface area contributed by atoms with Gasteiger partial charge in [0.25, 0.3) is 11.0 Å². The first-order valence-electron chi connectivity index (χ1n) is 3.47. The first-order valence-corrected chi connectivity index (χ1v) is 3.47. The fourth-order valence-electron chi connectivity index (χ4n) is 1.15. The molecule has 2 rings (SSSR count). The van der Waals surface area contributed by atoms with E-state index >= 15 is 0 Å². The van der Waals surface area contributed by atoms with Crippen LogP contribution in [0.15, 0.2) is 31.3 Å². The SMILES string of the molecule is O=c1cc2[nH]c(=O)c(=O)c-2cc1=O. The van der Waals surface area contributed by atoms with E-state index in [4.69, 9.17) is 0 Å². The van der Waals surface area contributed by atoms with Gasteiger partial charge in [0.1, 0.15) is 0 Å². The van der Waals surface area contributed by atoms with Crippen molar-refractivity contribution in [1.82, 2.24) is 4.98 Å². The molecular weight excluding hydrogens is 174 g/mol. The van der Waals surface area contributed by atoms with Gasteiger partial charge in [0.15, 0.2) is 0 Å². The molecular formula is C8H3NO4. The molecule has 0 bridgehead atoms. The zero-order valence-corrected chi connectivity index (χ0v) is 6.29. The Labute approximate surface area is 70.3 Å². The molecule has 1 heterocycles. The van der Waals surface area contributed by atoms with E-state index < -0.39 is 21.8 Å². The van der Waals surface area contributed by atoms with E-state index in [0.717, 1.165) is 12.1 Å². The van der Waals surface area contributed by atoms with Crippen LogP contribution in [0.2, 0.25) is 0 Å². The van der Waals surface area contributed by atoms with Gasteiger partial charge in [-0.1, -0.05) is 0 Å². The van der Waals surface area contributed by atoms with E-state index in [-0.39, 0.29) is 11.3 Å². The highest BCUT2D eigenvalue weighted by molar-refractivity contribution is 5.60. The molecule has 0 atom stereocenters. The highest BCUT2D eigenvalue weighted by Gasteiger charge is 2.13. The van der Waals surface area contributed by atoms with Crippen LogP contribution < -0.4 is 21.8 Å².